The molecule has 0 radical (unpaired) electrons. The topological polar surface area (TPSA) is 34.4 Å². The normalized spacial score (nSPS) is 10.4. The van der Waals surface area contributed by atoms with Gasteiger partial charge in [0, 0.05) is 18.9 Å². The molecule has 4 heteroatoms. The number of benzene rings is 1. The maximum Gasteiger partial charge on any atom is 0.123 e. The van der Waals surface area contributed by atoms with Crippen LogP contribution in [-0.2, 0) is 13.0 Å². The maximum absolute atomic E-state index is 13.0. The van der Waals surface area contributed by atoms with Gasteiger partial charge in [0.05, 0.1) is 6.54 Å². The molecule has 1 aromatic carbocycles. The molecular weight excluding hydrogens is 219 g/mol. The molecule has 0 aliphatic carbocycles. The monoisotopic (exact) mass is 232 g/mol. The van der Waals surface area contributed by atoms with E-state index in [9.17, 15) is 9.30 Å². The van der Waals surface area contributed by atoms with E-state index >= 15 is 0 Å². The molecule has 1 heterocycles. The Kier molecular flexibility index (Phi) is 3.65. The molecule has 0 spiro atoms. The molecule has 0 saturated carbocycles. The van der Waals surface area contributed by atoms with Gasteiger partial charge in [0.15, 0.2) is 0 Å². The number of hydrogen-bond acceptors (Lipinski definition) is 2. The van der Waals surface area contributed by atoms with E-state index in [-0.39, 0.29) is 5.82 Å². The van der Waals surface area contributed by atoms with E-state index < -0.39 is 0 Å². The molecule has 0 bridgehead atoms. The number of nitrogens with zero attached hydrogens (tertiary/aromatic N) is 2. The minimum atomic E-state index is -0.222. The van der Waals surface area contributed by atoms with Crippen LogP contribution in [-0.4, -0.2) is 11.1 Å². The van der Waals surface area contributed by atoms with E-state index in [0.29, 0.717) is 19.5 Å². The van der Waals surface area contributed by atoms with Crippen LogP contribution in [0.4, 0.5) is 4.39 Å². The molecule has 2 rings (SSSR count). The van der Waals surface area contributed by atoms with Crippen LogP contribution >= 0.6 is 0 Å². The highest BCUT2D eigenvalue weighted by Crippen LogP contribution is 2.08. The Bertz CT molecular complexity index is 508. The molecule has 0 unspecified atom stereocenters. The van der Waals surface area contributed by atoms with Gasteiger partial charge in [-0.25, -0.2) is 4.39 Å². The molecule has 0 aliphatic rings. The predicted octanol–water partition coefficient (Wildman–Crippen LogP) is 2.98. The van der Waals surface area contributed by atoms with Gasteiger partial charge in [0.2, 0.25) is 0 Å². The summed E-state index contributed by atoms with van der Waals surface area (Å²) in [4.78, 5) is 10.0. The van der Waals surface area contributed by atoms with Crippen molar-refractivity contribution in [2.45, 2.75) is 13.0 Å². The third-order valence-electron chi connectivity index (χ3n) is 2.56. The lowest BCUT2D eigenvalue weighted by Crippen LogP contribution is -1.96. The standard InChI is InChI=1S/C13H13FN2O/c14-13-3-1-2-12(8-13)10-16-7-5-11(9-16)4-6-15-17/h1-3,5,7-9H,4,6,10H2. The molecule has 0 fully saturated rings. The smallest absolute Gasteiger partial charge is 0.123 e. The Hall–Kier alpha value is -1.97. The van der Waals surface area contributed by atoms with Crippen LogP contribution in [0.1, 0.15) is 11.1 Å². The Morgan fingerprint density at radius 2 is 2.12 bits per heavy atom. The van der Waals surface area contributed by atoms with E-state index in [2.05, 4.69) is 5.18 Å². The molecule has 1 aromatic heterocycles. The van der Waals surface area contributed by atoms with Crippen LogP contribution in [0.3, 0.4) is 0 Å². The Balaban J connectivity index is 2.03. The second kappa shape index (κ2) is 5.39. The number of rotatable bonds is 5. The number of halogens is 1. The zero-order valence-corrected chi connectivity index (χ0v) is 9.34. The van der Waals surface area contributed by atoms with E-state index in [4.69, 9.17) is 0 Å². The summed E-state index contributed by atoms with van der Waals surface area (Å²) in [5.74, 6) is -0.222. The maximum atomic E-state index is 13.0. The van der Waals surface area contributed by atoms with Crippen LogP contribution in [0.5, 0.6) is 0 Å². The van der Waals surface area contributed by atoms with Gasteiger partial charge < -0.3 is 4.57 Å². The summed E-state index contributed by atoms with van der Waals surface area (Å²) in [5.41, 5.74) is 1.99. The molecule has 2 aromatic rings. The van der Waals surface area contributed by atoms with Crippen LogP contribution in [0.25, 0.3) is 0 Å². The summed E-state index contributed by atoms with van der Waals surface area (Å²) in [6.07, 6.45) is 4.53. The lowest BCUT2D eigenvalue weighted by atomic mass is 10.2. The average molecular weight is 232 g/mol. The van der Waals surface area contributed by atoms with Crippen molar-refractivity contribution in [3.63, 3.8) is 0 Å². The van der Waals surface area contributed by atoms with Gasteiger partial charge in [-0.3, -0.25) is 0 Å². The minimum absolute atomic E-state index is 0.222. The highest BCUT2D eigenvalue weighted by Gasteiger charge is 1.99. The first-order valence-electron chi connectivity index (χ1n) is 5.46. The molecule has 3 nitrogen and oxygen atoms in total. The van der Waals surface area contributed by atoms with Crippen LogP contribution in [0.15, 0.2) is 47.9 Å². The lowest BCUT2D eigenvalue weighted by molar-refractivity contribution is 0.623. The van der Waals surface area contributed by atoms with E-state index in [1.54, 1.807) is 6.07 Å². The number of aromatic nitrogens is 1. The van der Waals surface area contributed by atoms with Crippen molar-refractivity contribution < 1.29 is 4.39 Å². The largest absolute Gasteiger partial charge is 0.350 e. The summed E-state index contributed by atoms with van der Waals surface area (Å²) in [6.45, 7) is 0.927. The zero-order chi connectivity index (χ0) is 12.1. The van der Waals surface area contributed by atoms with Crippen molar-refractivity contribution in [2.24, 2.45) is 5.18 Å². The summed E-state index contributed by atoms with van der Waals surface area (Å²) in [7, 11) is 0. The Labute approximate surface area is 98.9 Å². The third kappa shape index (κ3) is 3.24. The lowest BCUT2D eigenvalue weighted by Gasteiger charge is -2.03. The van der Waals surface area contributed by atoms with Gasteiger partial charge >= 0.3 is 0 Å². The van der Waals surface area contributed by atoms with Crippen LogP contribution < -0.4 is 0 Å². The number of hydrogen-bond donors (Lipinski definition) is 0. The van der Waals surface area contributed by atoms with Crippen molar-refractivity contribution in [1.82, 2.24) is 4.57 Å². The molecule has 0 N–H and O–H groups in total. The first-order chi connectivity index (χ1) is 8.28. The second-order valence-electron chi connectivity index (χ2n) is 3.92. The average Bonchev–Trinajstić information content (AvgIpc) is 2.74. The molecular formula is C13H13FN2O. The van der Waals surface area contributed by atoms with Crippen LogP contribution in [0.2, 0.25) is 0 Å². The van der Waals surface area contributed by atoms with Gasteiger partial charge in [-0.05, 0) is 35.7 Å². The van der Waals surface area contributed by atoms with E-state index in [1.165, 1.54) is 12.1 Å². The predicted molar refractivity (Wildman–Crippen MR) is 64.3 cm³/mol. The second-order valence-corrected chi connectivity index (χ2v) is 3.92. The molecule has 17 heavy (non-hydrogen) atoms. The van der Waals surface area contributed by atoms with Gasteiger partial charge in [-0.15, -0.1) is 0 Å². The quantitative estimate of drug-likeness (QED) is 0.730. The Morgan fingerprint density at radius 1 is 1.24 bits per heavy atom. The summed E-state index contributed by atoms with van der Waals surface area (Å²) in [6, 6.07) is 8.48. The summed E-state index contributed by atoms with van der Waals surface area (Å²) in [5, 5.41) is 2.83. The van der Waals surface area contributed by atoms with Crippen molar-refractivity contribution in [1.29, 1.82) is 0 Å². The fourth-order valence-corrected chi connectivity index (χ4v) is 1.76. The van der Waals surface area contributed by atoms with E-state index in [1.807, 2.05) is 29.1 Å². The fourth-order valence-electron chi connectivity index (χ4n) is 1.76. The van der Waals surface area contributed by atoms with Gasteiger partial charge in [0.1, 0.15) is 5.82 Å². The number of nitroso groups, excluding NO2 is 1. The molecule has 0 saturated heterocycles. The molecule has 0 amide bonds. The summed E-state index contributed by atoms with van der Waals surface area (Å²) >= 11 is 0. The minimum Gasteiger partial charge on any atom is -0.350 e. The Morgan fingerprint density at radius 3 is 2.88 bits per heavy atom. The molecule has 0 aliphatic heterocycles. The highest BCUT2D eigenvalue weighted by atomic mass is 19.1. The molecule has 88 valence electrons. The summed E-state index contributed by atoms with van der Waals surface area (Å²) < 4.78 is 15.0. The SMILES string of the molecule is O=NCCc1ccn(Cc2cccc(F)c2)c1. The zero-order valence-electron chi connectivity index (χ0n) is 9.34. The van der Waals surface area contributed by atoms with Gasteiger partial charge in [-0.1, -0.05) is 17.3 Å². The third-order valence-corrected chi connectivity index (χ3v) is 2.56. The van der Waals surface area contributed by atoms with Gasteiger partial charge in [-0.2, -0.15) is 4.91 Å². The molecule has 0 atom stereocenters. The first kappa shape index (κ1) is 11.5. The van der Waals surface area contributed by atoms with Crippen LogP contribution in [0, 0.1) is 10.7 Å². The van der Waals surface area contributed by atoms with Gasteiger partial charge in [0.25, 0.3) is 0 Å². The van der Waals surface area contributed by atoms with Crippen molar-refractivity contribution in [2.75, 3.05) is 6.54 Å². The highest BCUT2D eigenvalue weighted by molar-refractivity contribution is 5.18. The fraction of sp³-hybridized carbons (Fsp3) is 0.231. The van der Waals surface area contributed by atoms with Crippen molar-refractivity contribution in [3.8, 4) is 0 Å². The van der Waals surface area contributed by atoms with Crippen molar-refractivity contribution in [3.05, 3.63) is 64.6 Å². The van der Waals surface area contributed by atoms with Crippen molar-refractivity contribution >= 4 is 0 Å². The first-order valence-corrected chi connectivity index (χ1v) is 5.46. The van der Waals surface area contributed by atoms with E-state index in [0.717, 1.165) is 11.1 Å².